The van der Waals surface area contributed by atoms with Gasteiger partial charge in [-0.2, -0.15) is 9.61 Å². The van der Waals surface area contributed by atoms with E-state index in [0.29, 0.717) is 5.69 Å². The Labute approximate surface area is 142 Å². The molecule has 2 heterocycles. The lowest BCUT2D eigenvalue weighted by atomic mass is 10.0. The summed E-state index contributed by atoms with van der Waals surface area (Å²) in [6.07, 6.45) is 1.16. The molecule has 2 aromatic carbocycles. The molecule has 0 saturated carbocycles. The van der Waals surface area contributed by atoms with Crippen molar-refractivity contribution in [3.05, 3.63) is 82.8 Å². The average Bonchev–Trinajstić information content (AvgIpc) is 3.07. The SMILES string of the molecule is O=C(O)c1cnn2c(=O)cc(-c3ccc(-c4ccccc4)cc3)[nH]c12. The fraction of sp³-hybridized carbons (Fsp3) is 0. The number of aromatic amines is 1. The number of carboxylic acid groups (broad SMARTS) is 1. The number of carbonyl (C=O) groups is 1. The molecule has 0 atom stereocenters. The molecule has 4 rings (SSSR count). The van der Waals surface area contributed by atoms with Gasteiger partial charge in [0.2, 0.25) is 0 Å². The van der Waals surface area contributed by atoms with E-state index in [9.17, 15) is 14.7 Å². The molecule has 0 radical (unpaired) electrons. The van der Waals surface area contributed by atoms with Crippen molar-refractivity contribution >= 4 is 11.6 Å². The van der Waals surface area contributed by atoms with Gasteiger partial charge in [0.25, 0.3) is 5.56 Å². The van der Waals surface area contributed by atoms with Gasteiger partial charge in [-0.25, -0.2) is 4.79 Å². The first-order valence-electron chi connectivity index (χ1n) is 7.64. The number of aromatic nitrogens is 3. The third-order valence-electron chi connectivity index (χ3n) is 4.03. The molecule has 2 aromatic heterocycles. The fourth-order valence-corrected chi connectivity index (χ4v) is 2.77. The van der Waals surface area contributed by atoms with Crippen molar-refractivity contribution in [3.8, 4) is 22.4 Å². The first-order valence-corrected chi connectivity index (χ1v) is 7.64. The molecular formula is C19H13N3O3. The minimum atomic E-state index is -1.14. The lowest BCUT2D eigenvalue weighted by molar-refractivity contribution is 0.0699. The Hall–Kier alpha value is -3.67. The van der Waals surface area contributed by atoms with Crippen molar-refractivity contribution in [2.24, 2.45) is 0 Å². The van der Waals surface area contributed by atoms with Crippen molar-refractivity contribution in [1.29, 1.82) is 0 Å². The number of fused-ring (bicyclic) bond motifs is 1. The average molecular weight is 331 g/mol. The zero-order valence-electron chi connectivity index (χ0n) is 13.0. The quantitative estimate of drug-likeness (QED) is 0.604. The van der Waals surface area contributed by atoms with Gasteiger partial charge in [0.15, 0.2) is 5.65 Å². The van der Waals surface area contributed by atoms with Crippen molar-refractivity contribution in [2.75, 3.05) is 0 Å². The second-order valence-corrected chi connectivity index (χ2v) is 5.59. The largest absolute Gasteiger partial charge is 0.477 e. The second kappa shape index (κ2) is 5.76. The third-order valence-corrected chi connectivity index (χ3v) is 4.03. The van der Waals surface area contributed by atoms with Gasteiger partial charge in [0.1, 0.15) is 5.56 Å². The molecule has 0 amide bonds. The van der Waals surface area contributed by atoms with Crippen LogP contribution in [0.2, 0.25) is 0 Å². The van der Waals surface area contributed by atoms with E-state index in [1.807, 2.05) is 54.6 Å². The molecule has 4 aromatic rings. The first kappa shape index (κ1) is 14.9. The van der Waals surface area contributed by atoms with Crippen LogP contribution >= 0.6 is 0 Å². The van der Waals surface area contributed by atoms with Crippen molar-refractivity contribution in [2.45, 2.75) is 0 Å². The standard InChI is InChI=1S/C19H13N3O3/c23-17-10-16(21-18-15(19(24)25)11-20-22(17)18)14-8-6-13(7-9-14)12-4-2-1-3-5-12/h1-11,21H,(H,24,25). The van der Waals surface area contributed by atoms with Crippen LogP contribution in [0.15, 0.2) is 71.7 Å². The van der Waals surface area contributed by atoms with Crippen LogP contribution in [0.1, 0.15) is 10.4 Å². The lowest BCUT2D eigenvalue weighted by Gasteiger charge is -2.06. The smallest absolute Gasteiger partial charge is 0.341 e. The number of aromatic carboxylic acids is 1. The van der Waals surface area contributed by atoms with E-state index in [1.165, 1.54) is 6.07 Å². The third kappa shape index (κ3) is 2.59. The highest BCUT2D eigenvalue weighted by molar-refractivity contribution is 5.94. The van der Waals surface area contributed by atoms with E-state index in [2.05, 4.69) is 10.1 Å². The Morgan fingerprint density at radius 1 is 0.960 bits per heavy atom. The number of rotatable bonds is 3. The Morgan fingerprint density at radius 3 is 2.28 bits per heavy atom. The van der Waals surface area contributed by atoms with Gasteiger partial charge in [-0.15, -0.1) is 0 Å². The lowest BCUT2D eigenvalue weighted by Crippen LogP contribution is -2.15. The van der Waals surface area contributed by atoms with Gasteiger partial charge in [-0.1, -0.05) is 54.6 Å². The molecule has 0 aliphatic rings. The van der Waals surface area contributed by atoms with Gasteiger partial charge in [-0.3, -0.25) is 4.79 Å². The van der Waals surface area contributed by atoms with Crippen molar-refractivity contribution in [1.82, 2.24) is 14.6 Å². The van der Waals surface area contributed by atoms with Crippen LogP contribution in [0.5, 0.6) is 0 Å². The monoisotopic (exact) mass is 331 g/mol. The Balaban J connectivity index is 1.80. The van der Waals surface area contributed by atoms with Gasteiger partial charge in [0.05, 0.1) is 11.9 Å². The Kier molecular flexibility index (Phi) is 3.43. The van der Waals surface area contributed by atoms with E-state index in [1.54, 1.807) is 0 Å². The zero-order valence-corrected chi connectivity index (χ0v) is 13.0. The van der Waals surface area contributed by atoms with Gasteiger partial charge < -0.3 is 10.1 Å². The summed E-state index contributed by atoms with van der Waals surface area (Å²) in [5.41, 5.74) is 3.23. The number of nitrogens with zero attached hydrogens (tertiary/aromatic N) is 2. The molecule has 0 bridgehead atoms. The summed E-state index contributed by atoms with van der Waals surface area (Å²) >= 11 is 0. The van der Waals surface area contributed by atoms with E-state index in [-0.39, 0.29) is 16.8 Å². The molecule has 0 spiro atoms. The molecule has 122 valence electrons. The van der Waals surface area contributed by atoms with Gasteiger partial charge >= 0.3 is 5.97 Å². The number of hydrogen-bond acceptors (Lipinski definition) is 3. The van der Waals surface area contributed by atoms with Gasteiger partial charge in [-0.05, 0) is 16.7 Å². The minimum Gasteiger partial charge on any atom is -0.477 e. The van der Waals surface area contributed by atoms with Crippen LogP contribution < -0.4 is 5.56 Å². The molecule has 0 fully saturated rings. The Bertz CT molecular complexity index is 1130. The normalized spacial score (nSPS) is 10.9. The predicted molar refractivity (Wildman–Crippen MR) is 93.6 cm³/mol. The maximum Gasteiger partial charge on any atom is 0.341 e. The van der Waals surface area contributed by atoms with Crippen LogP contribution in [0.3, 0.4) is 0 Å². The second-order valence-electron chi connectivity index (χ2n) is 5.59. The number of carboxylic acids is 1. The highest BCUT2D eigenvalue weighted by atomic mass is 16.4. The molecule has 0 aliphatic heterocycles. The van der Waals surface area contributed by atoms with Crippen LogP contribution in [-0.2, 0) is 0 Å². The molecule has 6 heteroatoms. The zero-order chi connectivity index (χ0) is 17.4. The summed E-state index contributed by atoms with van der Waals surface area (Å²) in [4.78, 5) is 26.4. The summed E-state index contributed by atoms with van der Waals surface area (Å²) in [5, 5.41) is 13.0. The summed E-state index contributed by atoms with van der Waals surface area (Å²) in [6, 6.07) is 19.1. The topological polar surface area (TPSA) is 87.5 Å². The summed E-state index contributed by atoms with van der Waals surface area (Å²) in [6.45, 7) is 0. The minimum absolute atomic E-state index is 0.0418. The molecule has 2 N–H and O–H groups in total. The van der Waals surface area contributed by atoms with Crippen LogP contribution in [-0.4, -0.2) is 25.7 Å². The number of hydrogen-bond donors (Lipinski definition) is 2. The highest BCUT2D eigenvalue weighted by Gasteiger charge is 2.14. The number of nitrogens with one attached hydrogen (secondary N) is 1. The van der Waals surface area contributed by atoms with E-state index < -0.39 is 5.97 Å². The van der Waals surface area contributed by atoms with Crippen molar-refractivity contribution in [3.63, 3.8) is 0 Å². The van der Waals surface area contributed by atoms with E-state index in [4.69, 9.17) is 0 Å². The van der Waals surface area contributed by atoms with Crippen LogP contribution in [0, 0.1) is 0 Å². The maximum atomic E-state index is 12.2. The molecule has 6 nitrogen and oxygen atoms in total. The van der Waals surface area contributed by atoms with E-state index >= 15 is 0 Å². The fourth-order valence-electron chi connectivity index (χ4n) is 2.77. The molecule has 0 aliphatic carbocycles. The van der Waals surface area contributed by atoms with Crippen LogP contribution in [0.4, 0.5) is 0 Å². The summed E-state index contributed by atoms with van der Waals surface area (Å²) < 4.78 is 1.05. The highest BCUT2D eigenvalue weighted by Crippen LogP contribution is 2.23. The summed E-state index contributed by atoms with van der Waals surface area (Å²) in [7, 11) is 0. The van der Waals surface area contributed by atoms with Crippen molar-refractivity contribution < 1.29 is 9.90 Å². The summed E-state index contributed by atoms with van der Waals surface area (Å²) in [5.74, 6) is -1.14. The molecule has 25 heavy (non-hydrogen) atoms. The van der Waals surface area contributed by atoms with Gasteiger partial charge in [0, 0.05) is 6.07 Å². The maximum absolute atomic E-state index is 12.2. The Morgan fingerprint density at radius 2 is 1.60 bits per heavy atom. The number of H-pyrrole nitrogens is 1. The van der Waals surface area contributed by atoms with E-state index in [0.717, 1.165) is 27.4 Å². The molecular weight excluding hydrogens is 318 g/mol. The first-order chi connectivity index (χ1) is 12.1. The number of benzene rings is 2. The molecule has 0 saturated heterocycles. The van der Waals surface area contributed by atoms with Crippen LogP contribution in [0.25, 0.3) is 28.0 Å². The molecule has 0 unspecified atom stereocenters. The predicted octanol–water partition coefficient (Wildman–Crippen LogP) is 3.05.